The van der Waals surface area contributed by atoms with E-state index in [0.29, 0.717) is 42.0 Å². The normalized spacial score (nSPS) is 15.0. The van der Waals surface area contributed by atoms with Gasteiger partial charge in [0.2, 0.25) is 5.91 Å². The SMILES string of the molecule is COC(=O)c1cccc(NC(=O)Nc2ccc(CNC(=O)[C@H]3CCN(C(=O)O)C3)cc2)c1C. The molecule has 1 saturated heterocycles. The second kappa shape index (κ2) is 10.5. The van der Waals surface area contributed by atoms with Crippen LogP contribution in [0, 0.1) is 12.8 Å². The van der Waals surface area contributed by atoms with Crippen molar-refractivity contribution in [3.63, 3.8) is 0 Å². The van der Waals surface area contributed by atoms with Gasteiger partial charge in [0.25, 0.3) is 0 Å². The third-order valence-electron chi connectivity index (χ3n) is 5.50. The molecule has 1 aliphatic rings. The quantitative estimate of drug-likeness (QED) is 0.495. The molecule has 10 heteroatoms. The van der Waals surface area contributed by atoms with E-state index in [4.69, 9.17) is 9.84 Å². The Morgan fingerprint density at radius 1 is 1.09 bits per heavy atom. The number of carbonyl (C=O) groups excluding carboxylic acids is 3. The molecule has 0 aliphatic carbocycles. The van der Waals surface area contributed by atoms with Crippen LogP contribution in [0.25, 0.3) is 0 Å². The third kappa shape index (κ3) is 6.00. The highest BCUT2D eigenvalue weighted by atomic mass is 16.5. The number of anilines is 2. The van der Waals surface area contributed by atoms with Gasteiger partial charge in [-0.2, -0.15) is 0 Å². The second-order valence-electron chi connectivity index (χ2n) is 7.68. The second-order valence-corrected chi connectivity index (χ2v) is 7.68. The first kappa shape index (κ1) is 23.6. The number of amides is 4. The van der Waals surface area contributed by atoms with Crippen LogP contribution in [0.15, 0.2) is 42.5 Å². The van der Waals surface area contributed by atoms with Crippen molar-refractivity contribution < 1.29 is 29.0 Å². The van der Waals surface area contributed by atoms with Crippen LogP contribution >= 0.6 is 0 Å². The van der Waals surface area contributed by atoms with Crippen LogP contribution in [-0.4, -0.2) is 54.2 Å². The van der Waals surface area contributed by atoms with E-state index in [1.165, 1.54) is 12.0 Å². The maximum absolute atomic E-state index is 12.4. The van der Waals surface area contributed by atoms with E-state index in [2.05, 4.69) is 16.0 Å². The molecule has 4 amide bonds. The average molecular weight is 454 g/mol. The van der Waals surface area contributed by atoms with Gasteiger partial charge in [-0.25, -0.2) is 14.4 Å². The van der Waals surface area contributed by atoms with Gasteiger partial charge in [0, 0.05) is 31.0 Å². The largest absolute Gasteiger partial charge is 0.465 e. The molecule has 0 unspecified atom stereocenters. The van der Waals surface area contributed by atoms with Gasteiger partial charge < -0.3 is 30.7 Å². The van der Waals surface area contributed by atoms with Crippen LogP contribution in [0.5, 0.6) is 0 Å². The van der Waals surface area contributed by atoms with Gasteiger partial charge in [-0.05, 0) is 48.7 Å². The molecule has 10 nitrogen and oxygen atoms in total. The van der Waals surface area contributed by atoms with E-state index in [9.17, 15) is 19.2 Å². The van der Waals surface area contributed by atoms with E-state index in [1.807, 2.05) is 0 Å². The summed E-state index contributed by atoms with van der Waals surface area (Å²) in [7, 11) is 1.30. The summed E-state index contributed by atoms with van der Waals surface area (Å²) in [6, 6.07) is 11.5. The lowest BCUT2D eigenvalue weighted by atomic mass is 10.1. The van der Waals surface area contributed by atoms with Crippen molar-refractivity contribution in [2.45, 2.75) is 19.9 Å². The number of urea groups is 1. The highest BCUT2D eigenvalue weighted by Gasteiger charge is 2.30. The van der Waals surface area contributed by atoms with Crippen molar-refractivity contribution in [2.24, 2.45) is 5.92 Å². The number of esters is 1. The van der Waals surface area contributed by atoms with Crippen molar-refractivity contribution in [3.05, 3.63) is 59.2 Å². The Bertz CT molecular complexity index is 1050. The first-order valence-corrected chi connectivity index (χ1v) is 10.4. The molecule has 0 aromatic heterocycles. The molecule has 1 atom stereocenters. The number of ether oxygens (including phenoxy) is 1. The summed E-state index contributed by atoms with van der Waals surface area (Å²) in [5, 5.41) is 17.2. The molecule has 0 bridgehead atoms. The molecule has 1 aliphatic heterocycles. The zero-order chi connectivity index (χ0) is 24.0. The topological polar surface area (TPSA) is 137 Å². The fourth-order valence-corrected chi connectivity index (χ4v) is 3.57. The van der Waals surface area contributed by atoms with E-state index < -0.39 is 18.1 Å². The lowest BCUT2D eigenvalue weighted by Crippen LogP contribution is -2.33. The van der Waals surface area contributed by atoms with Crippen LogP contribution in [0.3, 0.4) is 0 Å². The van der Waals surface area contributed by atoms with Crippen LogP contribution in [0.2, 0.25) is 0 Å². The highest BCUT2D eigenvalue weighted by molar-refractivity contribution is 6.01. The summed E-state index contributed by atoms with van der Waals surface area (Å²) in [6.07, 6.45) is -0.498. The molecule has 0 saturated carbocycles. The number of carboxylic acid groups (broad SMARTS) is 1. The van der Waals surface area contributed by atoms with E-state index in [1.54, 1.807) is 49.4 Å². The molecule has 1 heterocycles. The first-order valence-electron chi connectivity index (χ1n) is 10.4. The Labute approximate surface area is 190 Å². The van der Waals surface area contributed by atoms with Gasteiger partial charge in [-0.1, -0.05) is 18.2 Å². The van der Waals surface area contributed by atoms with Crippen molar-refractivity contribution in [1.82, 2.24) is 10.2 Å². The number of methoxy groups -OCH3 is 1. The lowest BCUT2D eigenvalue weighted by molar-refractivity contribution is -0.124. The summed E-state index contributed by atoms with van der Waals surface area (Å²) >= 11 is 0. The van der Waals surface area contributed by atoms with Gasteiger partial charge in [-0.15, -0.1) is 0 Å². The van der Waals surface area contributed by atoms with Crippen LogP contribution in [-0.2, 0) is 16.1 Å². The highest BCUT2D eigenvalue weighted by Crippen LogP contribution is 2.20. The van der Waals surface area contributed by atoms with E-state index in [0.717, 1.165) is 5.56 Å². The fourth-order valence-electron chi connectivity index (χ4n) is 3.57. The van der Waals surface area contributed by atoms with Gasteiger partial charge >= 0.3 is 18.1 Å². The summed E-state index contributed by atoms with van der Waals surface area (Å²) in [6.45, 7) is 2.59. The number of nitrogens with zero attached hydrogens (tertiary/aromatic N) is 1. The molecule has 2 aromatic carbocycles. The van der Waals surface area contributed by atoms with Crippen molar-refractivity contribution in [2.75, 3.05) is 30.8 Å². The smallest absolute Gasteiger partial charge is 0.407 e. The number of nitrogens with one attached hydrogen (secondary N) is 3. The number of rotatable bonds is 6. The number of hydrogen-bond acceptors (Lipinski definition) is 5. The zero-order valence-electron chi connectivity index (χ0n) is 18.4. The Balaban J connectivity index is 1.50. The van der Waals surface area contributed by atoms with Crippen molar-refractivity contribution >= 4 is 35.4 Å². The molecular formula is C23H26N4O6. The monoisotopic (exact) mass is 454 g/mol. The molecule has 0 spiro atoms. The number of hydrogen-bond donors (Lipinski definition) is 4. The molecule has 0 radical (unpaired) electrons. The summed E-state index contributed by atoms with van der Waals surface area (Å²) in [5.41, 5.74) is 2.85. The van der Waals surface area contributed by atoms with Gasteiger partial charge in [0.05, 0.1) is 18.6 Å². The maximum Gasteiger partial charge on any atom is 0.407 e. The van der Waals surface area contributed by atoms with Gasteiger partial charge in [0.1, 0.15) is 0 Å². The molecular weight excluding hydrogens is 428 g/mol. The summed E-state index contributed by atoms with van der Waals surface area (Å²) < 4.78 is 4.74. The van der Waals surface area contributed by atoms with Crippen molar-refractivity contribution in [1.29, 1.82) is 0 Å². The Morgan fingerprint density at radius 2 is 1.82 bits per heavy atom. The predicted octanol–water partition coefficient (Wildman–Crippen LogP) is 3.04. The summed E-state index contributed by atoms with van der Waals surface area (Å²) in [5.74, 6) is -0.997. The Morgan fingerprint density at radius 3 is 2.45 bits per heavy atom. The van der Waals surface area contributed by atoms with Gasteiger partial charge in [-0.3, -0.25) is 4.79 Å². The minimum Gasteiger partial charge on any atom is -0.465 e. The summed E-state index contributed by atoms with van der Waals surface area (Å²) in [4.78, 5) is 48.6. The zero-order valence-corrected chi connectivity index (χ0v) is 18.4. The molecule has 174 valence electrons. The predicted molar refractivity (Wildman–Crippen MR) is 121 cm³/mol. The Hall–Kier alpha value is -4.08. The molecule has 2 aromatic rings. The van der Waals surface area contributed by atoms with E-state index >= 15 is 0 Å². The van der Waals surface area contributed by atoms with Crippen LogP contribution in [0.4, 0.5) is 21.0 Å². The number of likely N-dealkylation sites (tertiary alicyclic amines) is 1. The minimum absolute atomic E-state index is 0.176. The lowest BCUT2D eigenvalue weighted by Gasteiger charge is -2.13. The molecule has 4 N–H and O–H groups in total. The first-order chi connectivity index (χ1) is 15.8. The molecule has 1 fully saturated rings. The number of carbonyl (C=O) groups is 4. The minimum atomic E-state index is -1.01. The molecule has 3 rings (SSSR count). The van der Waals surface area contributed by atoms with Crippen LogP contribution in [0.1, 0.15) is 27.9 Å². The average Bonchev–Trinajstić information content (AvgIpc) is 3.30. The van der Waals surface area contributed by atoms with Crippen LogP contribution < -0.4 is 16.0 Å². The van der Waals surface area contributed by atoms with Gasteiger partial charge in [0.15, 0.2) is 0 Å². The maximum atomic E-state index is 12.4. The van der Waals surface area contributed by atoms with E-state index in [-0.39, 0.29) is 18.4 Å². The number of benzene rings is 2. The Kier molecular flexibility index (Phi) is 7.50. The van der Waals surface area contributed by atoms with Crippen molar-refractivity contribution in [3.8, 4) is 0 Å². The standard InChI is InChI=1S/C23H26N4O6/c1-14-18(21(29)33-2)4-3-5-19(14)26-22(30)25-17-8-6-15(7-9-17)12-24-20(28)16-10-11-27(13-16)23(31)32/h3-9,16H,10-13H2,1-2H3,(H,24,28)(H,31,32)(H2,25,26,30)/t16-/m0/s1. The third-order valence-corrected chi connectivity index (χ3v) is 5.50. The fraction of sp³-hybridized carbons (Fsp3) is 0.304. The molecule has 33 heavy (non-hydrogen) atoms.